The average Bonchev–Trinajstić information content (AvgIpc) is 2.17. The van der Waals surface area contributed by atoms with Crippen LogP contribution in [-0.4, -0.2) is 19.0 Å². The number of nitrogens with one attached hydrogen (secondary N) is 2. The molecule has 0 fully saturated rings. The number of nitro groups is 1. The molecule has 0 aliphatic rings. The molecule has 14 heavy (non-hydrogen) atoms. The number of nitro benzene ring substituents is 1. The average molecular weight is 196 g/mol. The van der Waals surface area contributed by atoms with Crippen LogP contribution in [0.4, 0.5) is 22.7 Å². The Bertz CT molecular complexity index is 365. The van der Waals surface area contributed by atoms with E-state index >= 15 is 0 Å². The molecule has 0 aliphatic carbocycles. The molecule has 6 nitrogen and oxygen atoms in total. The van der Waals surface area contributed by atoms with Crippen molar-refractivity contribution in [2.45, 2.75) is 0 Å². The molecule has 4 N–H and O–H groups in total. The highest BCUT2D eigenvalue weighted by Crippen LogP contribution is 2.32. The van der Waals surface area contributed by atoms with Gasteiger partial charge < -0.3 is 16.4 Å². The van der Waals surface area contributed by atoms with E-state index in [4.69, 9.17) is 5.73 Å². The van der Waals surface area contributed by atoms with Crippen LogP contribution in [-0.2, 0) is 0 Å². The fraction of sp³-hybridized carbons (Fsp3) is 0.250. The molecule has 0 aromatic heterocycles. The predicted octanol–water partition coefficient (Wildman–Crippen LogP) is 1.26. The summed E-state index contributed by atoms with van der Waals surface area (Å²) < 4.78 is 0. The summed E-state index contributed by atoms with van der Waals surface area (Å²) in [6.45, 7) is 0. The lowest BCUT2D eigenvalue weighted by atomic mass is 10.2. The maximum Gasteiger partial charge on any atom is 0.294 e. The topological polar surface area (TPSA) is 93.2 Å². The molecule has 6 heteroatoms. The van der Waals surface area contributed by atoms with Crippen molar-refractivity contribution < 1.29 is 4.92 Å². The largest absolute Gasteiger partial charge is 0.397 e. The molecule has 0 atom stereocenters. The third-order valence-corrected chi connectivity index (χ3v) is 1.90. The van der Waals surface area contributed by atoms with Gasteiger partial charge in [-0.3, -0.25) is 10.1 Å². The van der Waals surface area contributed by atoms with Gasteiger partial charge in [0.2, 0.25) is 0 Å². The highest BCUT2D eigenvalue weighted by molar-refractivity contribution is 5.78. The van der Waals surface area contributed by atoms with Gasteiger partial charge in [-0.25, -0.2) is 0 Å². The summed E-state index contributed by atoms with van der Waals surface area (Å²) in [5, 5.41) is 16.2. The Hall–Kier alpha value is -1.98. The van der Waals surface area contributed by atoms with E-state index in [1.165, 1.54) is 6.07 Å². The standard InChI is InChI=1S/C8H12N4O2/c1-10-6-4-7(11-2)8(12(13)14)3-5(6)9/h3-4,10-11H,9H2,1-2H3. The quantitative estimate of drug-likeness (QED) is 0.384. The maximum atomic E-state index is 10.6. The van der Waals surface area contributed by atoms with Crippen molar-refractivity contribution >= 4 is 22.7 Å². The van der Waals surface area contributed by atoms with Gasteiger partial charge in [0.15, 0.2) is 0 Å². The van der Waals surface area contributed by atoms with E-state index in [-0.39, 0.29) is 5.69 Å². The summed E-state index contributed by atoms with van der Waals surface area (Å²) in [5.74, 6) is 0. The zero-order valence-corrected chi connectivity index (χ0v) is 8.00. The second-order valence-electron chi connectivity index (χ2n) is 2.71. The van der Waals surface area contributed by atoms with E-state index in [2.05, 4.69) is 10.6 Å². The van der Waals surface area contributed by atoms with Crippen LogP contribution < -0.4 is 16.4 Å². The van der Waals surface area contributed by atoms with E-state index in [1.807, 2.05) is 0 Å². The molecular weight excluding hydrogens is 184 g/mol. The van der Waals surface area contributed by atoms with Crippen LogP contribution in [0.15, 0.2) is 12.1 Å². The van der Waals surface area contributed by atoms with Crippen LogP contribution in [0.1, 0.15) is 0 Å². The number of nitrogen functional groups attached to an aromatic ring is 1. The molecule has 0 amide bonds. The summed E-state index contributed by atoms with van der Waals surface area (Å²) in [7, 11) is 3.33. The Kier molecular flexibility index (Phi) is 2.76. The Morgan fingerprint density at radius 3 is 2.29 bits per heavy atom. The van der Waals surface area contributed by atoms with Crippen molar-refractivity contribution in [3.05, 3.63) is 22.2 Å². The molecule has 0 spiro atoms. The van der Waals surface area contributed by atoms with Crippen molar-refractivity contribution in [2.24, 2.45) is 0 Å². The fourth-order valence-corrected chi connectivity index (χ4v) is 1.17. The monoisotopic (exact) mass is 196 g/mol. The van der Waals surface area contributed by atoms with Crippen LogP contribution in [0.2, 0.25) is 0 Å². The van der Waals surface area contributed by atoms with Gasteiger partial charge in [-0.1, -0.05) is 0 Å². The third kappa shape index (κ3) is 1.68. The number of rotatable bonds is 3. The first-order valence-corrected chi connectivity index (χ1v) is 4.03. The first-order chi connectivity index (χ1) is 6.60. The minimum absolute atomic E-state index is 0.0241. The van der Waals surface area contributed by atoms with Crippen LogP contribution >= 0.6 is 0 Å². The molecule has 0 unspecified atom stereocenters. The summed E-state index contributed by atoms with van der Waals surface area (Å²) >= 11 is 0. The van der Waals surface area contributed by atoms with Gasteiger partial charge in [0, 0.05) is 20.2 Å². The van der Waals surface area contributed by atoms with Crippen molar-refractivity contribution in [3.8, 4) is 0 Å². The highest BCUT2D eigenvalue weighted by atomic mass is 16.6. The van der Waals surface area contributed by atoms with Crippen LogP contribution in [0.3, 0.4) is 0 Å². The Labute approximate surface area is 81.3 Å². The van der Waals surface area contributed by atoms with Gasteiger partial charge in [-0.2, -0.15) is 0 Å². The van der Waals surface area contributed by atoms with Gasteiger partial charge in [-0.05, 0) is 6.07 Å². The molecule has 1 aromatic rings. The van der Waals surface area contributed by atoms with Gasteiger partial charge >= 0.3 is 0 Å². The third-order valence-electron chi connectivity index (χ3n) is 1.90. The van der Waals surface area contributed by atoms with Gasteiger partial charge in [0.25, 0.3) is 5.69 Å². The zero-order chi connectivity index (χ0) is 10.7. The van der Waals surface area contributed by atoms with E-state index < -0.39 is 4.92 Å². The molecule has 0 aliphatic heterocycles. The molecule has 1 aromatic carbocycles. The lowest BCUT2D eigenvalue weighted by Gasteiger charge is -2.08. The summed E-state index contributed by atoms with van der Waals surface area (Å²) in [4.78, 5) is 10.2. The second-order valence-corrected chi connectivity index (χ2v) is 2.71. The number of nitrogens with two attached hydrogens (primary N) is 1. The number of benzene rings is 1. The van der Waals surface area contributed by atoms with Crippen LogP contribution in [0, 0.1) is 10.1 Å². The van der Waals surface area contributed by atoms with E-state index in [9.17, 15) is 10.1 Å². The minimum Gasteiger partial charge on any atom is -0.397 e. The smallest absolute Gasteiger partial charge is 0.294 e. The summed E-state index contributed by atoms with van der Waals surface area (Å²) in [6.07, 6.45) is 0. The first kappa shape index (κ1) is 10.1. The summed E-state index contributed by atoms with van der Waals surface area (Å²) in [5.41, 5.74) is 7.04. The van der Waals surface area contributed by atoms with Crippen LogP contribution in [0.25, 0.3) is 0 Å². The van der Waals surface area contributed by atoms with Crippen LogP contribution in [0.5, 0.6) is 0 Å². The number of nitrogens with zero attached hydrogens (tertiary/aromatic N) is 1. The van der Waals surface area contributed by atoms with Gasteiger partial charge in [0.1, 0.15) is 5.69 Å². The Morgan fingerprint density at radius 1 is 1.29 bits per heavy atom. The van der Waals surface area contributed by atoms with Crippen molar-refractivity contribution in [1.29, 1.82) is 0 Å². The molecule has 0 bridgehead atoms. The maximum absolute atomic E-state index is 10.6. The predicted molar refractivity (Wildman–Crippen MR) is 56.6 cm³/mol. The van der Waals surface area contributed by atoms with Crippen molar-refractivity contribution in [2.75, 3.05) is 30.5 Å². The Morgan fingerprint density at radius 2 is 1.86 bits per heavy atom. The van der Waals surface area contributed by atoms with Crippen molar-refractivity contribution in [3.63, 3.8) is 0 Å². The molecule has 0 radical (unpaired) electrons. The van der Waals surface area contributed by atoms with E-state index in [1.54, 1.807) is 20.2 Å². The number of hydrogen-bond donors (Lipinski definition) is 3. The molecule has 1 rings (SSSR count). The lowest BCUT2D eigenvalue weighted by Crippen LogP contribution is -2.01. The second kappa shape index (κ2) is 3.82. The summed E-state index contributed by atoms with van der Waals surface area (Å²) in [6, 6.07) is 2.94. The van der Waals surface area contributed by atoms with Gasteiger partial charge in [-0.15, -0.1) is 0 Å². The molecule has 0 saturated carbocycles. The lowest BCUT2D eigenvalue weighted by molar-refractivity contribution is -0.383. The zero-order valence-electron chi connectivity index (χ0n) is 8.00. The molecule has 0 heterocycles. The SMILES string of the molecule is CNc1cc(NC)c([N+](=O)[O-])cc1N. The van der Waals surface area contributed by atoms with E-state index in [0.717, 1.165) is 0 Å². The fourth-order valence-electron chi connectivity index (χ4n) is 1.17. The van der Waals surface area contributed by atoms with E-state index in [0.29, 0.717) is 17.1 Å². The molecular formula is C8H12N4O2. The first-order valence-electron chi connectivity index (χ1n) is 4.03. The molecule has 76 valence electrons. The van der Waals surface area contributed by atoms with Gasteiger partial charge in [0.05, 0.1) is 16.3 Å². The minimum atomic E-state index is -0.471. The number of hydrogen-bond acceptors (Lipinski definition) is 5. The normalized spacial score (nSPS) is 9.57. The van der Waals surface area contributed by atoms with Crippen molar-refractivity contribution in [1.82, 2.24) is 0 Å². The highest BCUT2D eigenvalue weighted by Gasteiger charge is 2.15. The Balaban J connectivity index is 3.31. The number of anilines is 3. The molecule has 0 saturated heterocycles.